The number of aliphatic hydroxyl groups is 1. The summed E-state index contributed by atoms with van der Waals surface area (Å²) in [5, 5.41) is 23.0. The summed E-state index contributed by atoms with van der Waals surface area (Å²) < 4.78 is 0.458. The molecule has 1 unspecified atom stereocenters. The zero-order valence-corrected chi connectivity index (χ0v) is 12.9. The molecule has 0 bridgehead atoms. The van der Waals surface area contributed by atoms with E-state index < -0.39 is 16.9 Å². The first-order valence-electron chi connectivity index (χ1n) is 6.21. The monoisotopic (exact) mass is 344 g/mol. The smallest absolute Gasteiger partial charge is 0.271 e. The van der Waals surface area contributed by atoms with Crippen LogP contribution in [-0.4, -0.2) is 28.6 Å². The van der Waals surface area contributed by atoms with Crippen LogP contribution in [0.15, 0.2) is 22.7 Å². The van der Waals surface area contributed by atoms with Gasteiger partial charge >= 0.3 is 0 Å². The lowest BCUT2D eigenvalue weighted by molar-refractivity contribution is -0.385. The third-order valence-corrected chi connectivity index (χ3v) is 3.06. The molecule has 0 radical (unpaired) electrons. The second-order valence-corrected chi connectivity index (χ2v) is 5.86. The van der Waals surface area contributed by atoms with Crippen LogP contribution < -0.4 is 5.32 Å². The normalized spacial score (nSPS) is 12.2. The molecule has 0 aromatic heterocycles. The molecule has 1 aromatic rings. The Morgan fingerprint density at radius 2 is 2.10 bits per heavy atom. The molecule has 20 heavy (non-hydrogen) atoms. The van der Waals surface area contributed by atoms with Crippen molar-refractivity contribution in [1.82, 2.24) is 5.32 Å². The van der Waals surface area contributed by atoms with Gasteiger partial charge in [0.1, 0.15) is 0 Å². The highest BCUT2D eigenvalue weighted by Gasteiger charge is 2.15. The van der Waals surface area contributed by atoms with Gasteiger partial charge in [0.15, 0.2) is 0 Å². The van der Waals surface area contributed by atoms with E-state index in [1.54, 1.807) is 0 Å². The first kappa shape index (κ1) is 16.6. The van der Waals surface area contributed by atoms with Crippen molar-refractivity contribution in [3.63, 3.8) is 0 Å². The van der Waals surface area contributed by atoms with Crippen molar-refractivity contribution < 1.29 is 14.8 Å². The number of carbonyl (C=O) groups excluding carboxylic acids is 1. The number of aliphatic hydroxyl groups excluding tert-OH is 1. The Hall–Kier alpha value is -1.47. The van der Waals surface area contributed by atoms with Gasteiger partial charge in [0.05, 0.1) is 11.0 Å². The molecule has 0 aliphatic heterocycles. The Labute approximate surface area is 125 Å². The molecular weight excluding hydrogens is 328 g/mol. The largest absolute Gasteiger partial charge is 0.391 e. The summed E-state index contributed by atoms with van der Waals surface area (Å²) >= 11 is 3.13. The Bertz CT molecular complexity index is 505. The van der Waals surface area contributed by atoms with Gasteiger partial charge in [-0.2, -0.15) is 0 Å². The third-order valence-electron chi connectivity index (χ3n) is 2.60. The van der Waals surface area contributed by atoms with E-state index in [0.29, 0.717) is 16.8 Å². The van der Waals surface area contributed by atoms with Gasteiger partial charge in [-0.1, -0.05) is 29.8 Å². The Balaban J connectivity index is 2.70. The lowest BCUT2D eigenvalue weighted by Crippen LogP contribution is -2.32. The van der Waals surface area contributed by atoms with E-state index in [1.807, 2.05) is 13.8 Å². The number of nitrogens with one attached hydrogen (secondary N) is 1. The van der Waals surface area contributed by atoms with Gasteiger partial charge in [-0.25, -0.2) is 0 Å². The van der Waals surface area contributed by atoms with E-state index in [-0.39, 0.29) is 17.8 Å². The van der Waals surface area contributed by atoms with Crippen LogP contribution >= 0.6 is 15.9 Å². The van der Waals surface area contributed by atoms with E-state index in [2.05, 4.69) is 21.2 Å². The number of halogens is 1. The first-order chi connectivity index (χ1) is 9.29. The second-order valence-electron chi connectivity index (χ2n) is 4.95. The van der Waals surface area contributed by atoms with Crippen molar-refractivity contribution in [2.75, 3.05) is 6.54 Å². The standard InChI is InChI=1S/C13H17BrN2O4/c1-8(2)3-12(17)7-15-13(18)9-4-10(14)6-11(5-9)16(19)20/h4-6,8,12,17H,3,7H2,1-2H3,(H,15,18). The number of nitro benzene ring substituents is 1. The zero-order valence-electron chi connectivity index (χ0n) is 11.3. The highest BCUT2D eigenvalue weighted by atomic mass is 79.9. The molecule has 2 N–H and O–H groups in total. The predicted molar refractivity (Wildman–Crippen MR) is 78.6 cm³/mol. The van der Waals surface area contributed by atoms with Crippen molar-refractivity contribution >= 4 is 27.5 Å². The molecule has 6 nitrogen and oxygen atoms in total. The summed E-state index contributed by atoms with van der Waals surface area (Å²) in [7, 11) is 0. The average molecular weight is 345 g/mol. The molecule has 7 heteroatoms. The first-order valence-corrected chi connectivity index (χ1v) is 7.00. The molecule has 0 aliphatic carbocycles. The molecule has 0 saturated heterocycles. The van der Waals surface area contributed by atoms with Crippen LogP contribution in [0.5, 0.6) is 0 Å². The zero-order chi connectivity index (χ0) is 15.3. The highest BCUT2D eigenvalue weighted by molar-refractivity contribution is 9.10. The summed E-state index contributed by atoms with van der Waals surface area (Å²) in [6.07, 6.45) is -0.0417. The van der Waals surface area contributed by atoms with Gasteiger partial charge in [-0.15, -0.1) is 0 Å². The van der Waals surface area contributed by atoms with Crippen molar-refractivity contribution in [1.29, 1.82) is 0 Å². The average Bonchev–Trinajstić information content (AvgIpc) is 2.34. The quantitative estimate of drug-likeness (QED) is 0.612. The van der Waals surface area contributed by atoms with E-state index in [0.717, 1.165) is 0 Å². The van der Waals surface area contributed by atoms with E-state index >= 15 is 0 Å². The van der Waals surface area contributed by atoms with Gasteiger partial charge in [-0.05, 0) is 18.4 Å². The number of benzene rings is 1. The maximum absolute atomic E-state index is 11.9. The van der Waals surface area contributed by atoms with Crippen molar-refractivity contribution in [2.24, 2.45) is 5.92 Å². The molecule has 1 amide bonds. The molecule has 0 fully saturated rings. The molecule has 1 rings (SSSR count). The summed E-state index contributed by atoms with van der Waals surface area (Å²) in [5.74, 6) is -0.119. The molecule has 0 saturated carbocycles. The van der Waals surface area contributed by atoms with Gasteiger partial charge < -0.3 is 10.4 Å². The number of hydrogen-bond acceptors (Lipinski definition) is 4. The van der Waals surface area contributed by atoms with Crippen LogP contribution in [0.25, 0.3) is 0 Å². The SMILES string of the molecule is CC(C)CC(O)CNC(=O)c1cc(Br)cc([N+](=O)[O-])c1. The summed E-state index contributed by atoms with van der Waals surface area (Å²) in [6, 6.07) is 4.02. The fourth-order valence-electron chi connectivity index (χ4n) is 1.75. The minimum absolute atomic E-state index is 0.122. The molecule has 0 spiro atoms. The van der Waals surface area contributed by atoms with Crippen LogP contribution in [0.4, 0.5) is 5.69 Å². The Morgan fingerprint density at radius 1 is 1.45 bits per heavy atom. The van der Waals surface area contributed by atoms with Crippen LogP contribution in [0.1, 0.15) is 30.6 Å². The van der Waals surface area contributed by atoms with Gasteiger partial charge in [0.25, 0.3) is 11.6 Å². The lowest BCUT2D eigenvalue weighted by Gasteiger charge is -2.13. The number of carbonyl (C=O) groups is 1. The van der Waals surface area contributed by atoms with Gasteiger partial charge in [0, 0.05) is 28.7 Å². The number of hydrogen-bond donors (Lipinski definition) is 2. The predicted octanol–water partition coefficient (Wildman–Crippen LogP) is 2.49. The number of amides is 1. The molecular formula is C13H17BrN2O4. The van der Waals surface area contributed by atoms with E-state index in [1.165, 1.54) is 18.2 Å². The summed E-state index contributed by atoms with van der Waals surface area (Å²) in [6.45, 7) is 4.07. The topological polar surface area (TPSA) is 92.5 Å². The fraction of sp³-hybridized carbons (Fsp3) is 0.462. The molecule has 110 valence electrons. The molecule has 0 heterocycles. The molecule has 0 aliphatic rings. The van der Waals surface area contributed by atoms with E-state index in [9.17, 15) is 20.0 Å². The van der Waals surface area contributed by atoms with Crippen molar-refractivity contribution in [3.8, 4) is 0 Å². The van der Waals surface area contributed by atoms with Crippen molar-refractivity contribution in [3.05, 3.63) is 38.3 Å². The highest BCUT2D eigenvalue weighted by Crippen LogP contribution is 2.21. The van der Waals surface area contributed by atoms with Crippen LogP contribution in [0.2, 0.25) is 0 Å². The maximum atomic E-state index is 11.9. The molecule has 1 aromatic carbocycles. The second kappa shape index (κ2) is 7.35. The van der Waals surface area contributed by atoms with Crippen LogP contribution in [0, 0.1) is 16.0 Å². The number of nitro groups is 1. The van der Waals surface area contributed by atoms with Gasteiger partial charge in [-0.3, -0.25) is 14.9 Å². The fourth-order valence-corrected chi connectivity index (χ4v) is 2.23. The minimum Gasteiger partial charge on any atom is -0.391 e. The summed E-state index contributed by atoms with van der Waals surface area (Å²) in [5.41, 5.74) is 0.0232. The summed E-state index contributed by atoms with van der Waals surface area (Å²) in [4.78, 5) is 22.1. The minimum atomic E-state index is -0.624. The number of rotatable bonds is 6. The van der Waals surface area contributed by atoms with Gasteiger partial charge in [0.2, 0.25) is 0 Å². The Morgan fingerprint density at radius 3 is 2.65 bits per heavy atom. The van der Waals surface area contributed by atoms with E-state index in [4.69, 9.17) is 0 Å². The molecule has 1 atom stereocenters. The van der Waals surface area contributed by atoms with Crippen LogP contribution in [-0.2, 0) is 0 Å². The number of nitrogens with zero attached hydrogens (tertiary/aromatic N) is 1. The lowest BCUT2D eigenvalue weighted by atomic mass is 10.1. The van der Waals surface area contributed by atoms with Crippen LogP contribution in [0.3, 0.4) is 0 Å². The Kier molecular flexibility index (Phi) is 6.09. The van der Waals surface area contributed by atoms with Crippen molar-refractivity contribution in [2.45, 2.75) is 26.4 Å². The third kappa shape index (κ3) is 5.26. The maximum Gasteiger partial charge on any atom is 0.271 e. The number of non-ortho nitro benzene ring substituents is 1.